The lowest BCUT2D eigenvalue weighted by Gasteiger charge is -2.17. The van der Waals surface area contributed by atoms with Crippen molar-refractivity contribution < 1.29 is 14.7 Å². The van der Waals surface area contributed by atoms with Gasteiger partial charge in [0.15, 0.2) is 0 Å². The van der Waals surface area contributed by atoms with Gasteiger partial charge in [0.2, 0.25) is 5.91 Å². The van der Waals surface area contributed by atoms with Crippen LogP contribution in [0.15, 0.2) is 22.7 Å². The zero-order valence-corrected chi connectivity index (χ0v) is 12.5. The van der Waals surface area contributed by atoms with Crippen molar-refractivity contribution in [1.29, 1.82) is 0 Å². The van der Waals surface area contributed by atoms with Gasteiger partial charge >= 0.3 is 5.97 Å². The highest BCUT2D eigenvalue weighted by Crippen LogP contribution is 2.21. The van der Waals surface area contributed by atoms with Gasteiger partial charge in [-0.2, -0.15) is 0 Å². The van der Waals surface area contributed by atoms with Crippen LogP contribution in [0.1, 0.15) is 19.4 Å². The van der Waals surface area contributed by atoms with Gasteiger partial charge in [-0.1, -0.05) is 22.9 Å². The third kappa shape index (κ3) is 4.90. The summed E-state index contributed by atoms with van der Waals surface area (Å²) in [5, 5.41) is 14.5. The number of aryl methyl sites for hydroxylation is 1. The predicted octanol–water partition coefficient (Wildman–Crippen LogP) is 2.01. The van der Waals surface area contributed by atoms with Crippen molar-refractivity contribution in [1.82, 2.24) is 5.32 Å². The molecule has 0 radical (unpaired) electrons. The van der Waals surface area contributed by atoms with E-state index in [0.717, 1.165) is 22.1 Å². The number of carboxylic acid groups (broad SMARTS) is 1. The quantitative estimate of drug-likeness (QED) is 0.746. The van der Waals surface area contributed by atoms with Crippen molar-refractivity contribution in [3.05, 3.63) is 28.2 Å². The average Bonchev–Trinajstić information content (AvgIpc) is 2.34. The smallest absolute Gasteiger partial charge is 0.328 e. The van der Waals surface area contributed by atoms with Crippen LogP contribution < -0.4 is 10.6 Å². The first-order valence-electron chi connectivity index (χ1n) is 5.96. The summed E-state index contributed by atoms with van der Waals surface area (Å²) in [5.41, 5.74) is 1.96. The minimum atomic E-state index is -1.06. The zero-order chi connectivity index (χ0) is 14.4. The van der Waals surface area contributed by atoms with Gasteiger partial charge in [0, 0.05) is 23.6 Å². The van der Waals surface area contributed by atoms with Gasteiger partial charge < -0.3 is 15.7 Å². The molecule has 0 bridgehead atoms. The molecule has 0 saturated heterocycles. The van der Waals surface area contributed by atoms with E-state index in [0.29, 0.717) is 0 Å². The number of nitrogens with one attached hydrogen (secondary N) is 2. The summed E-state index contributed by atoms with van der Waals surface area (Å²) in [5.74, 6) is -1.42. The maximum Gasteiger partial charge on any atom is 0.328 e. The second kappa shape index (κ2) is 7.13. The lowest BCUT2D eigenvalue weighted by molar-refractivity contribution is -0.141. The Bertz CT molecular complexity index is 477. The van der Waals surface area contributed by atoms with E-state index in [1.54, 1.807) is 0 Å². The molecule has 1 aromatic rings. The predicted molar refractivity (Wildman–Crippen MR) is 77.3 cm³/mol. The van der Waals surface area contributed by atoms with Crippen molar-refractivity contribution >= 4 is 33.5 Å². The number of halogens is 1. The molecule has 1 amide bonds. The molecular weight excluding hydrogens is 312 g/mol. The Morgan fingerprint density at radius 2 is 2.11 bits per heavy atom. The van der Waals surface area contributed by atoms with Gasteiger partial charge in [0.05, 0.1) is 0 Å². The summed E-state index contributed by atoms with van der Waals surface area (Å²) >= 11 is 3.39. The number of amides is 1. The number of aliphatic carboxylic acids is 1. The Labute approximate surface area is 120 Å². The first kappa shape index (κ1) is 15.5. The van der Waals surface area contributed by atoms with Gasteiger partial charge in [0.25, 0.3) is 0 Å². The molecule has 0 aliphatic carbocycles. The van der Waals surface area contributed by atoms with Crippen LogP contribution in [0.5, 0.6) is 0 Å². The molecule has 0 fully saturated rings. The minimum Gasteiger partial charge on any atom is -0.480 e. The Kier molecular flexibility index (Phi) is 5.82. The fourth-order valence-corrected chi connectivity index (χ4v) is 2.09. The molecule has 1 rings (SSSR count). The van der Waals surface area contributed by atoms with Crippen LogP contribution in [0.2, 0.25) is 0 Å². The van der Waals surface area contributed by atoms with Gasteiger partial charge in [0.1, 0.15) is 6.04 Å². The third-order valence-electron chi connectivity index (χ3n) is 2.62. The van der Waals surface area contributed by atoms with E-state index in [1.807, 2.05) is 25.1 Å². The van der Waals surface area contributed by atoms with E-state index in [-0.39, 0.29) is 12.5 Å². The summed E-state index contributed by atoms with van der Waals surface area (Å²) < 4.78 is 0.978. The summed E-state index contributed by atoms with van der Waals surface area (Å²) in [4.78, 5) is 21.9. The molecule has 3 N–H and O–H groups in total. The molecule has 5 nitrogen and oxygen atoms in total. The second-order valence-electron chi connectivity index (χ2n) is 4.13. The topological polar surface area (TPSA) is 78.4 Å². The lowest BCUT2D eigenvalue weighted by atomic mass is 10.1. The molecule has 1 atom stereocenters. The Hall–Kier alpha value is -1.56. The van der Waals surface area contributed by atoms with E-state index < -0.39 is 12.0 Å². The molecule has 0 aromatic heterocycles. The van der Waals surface area contributed by atoms with Crippen molar-refractivity contribution in [3.63, 3.8) is 0 Å². The third-order valence-corrected chi connectivity index (χ3v) is 3.11. The molecule has 0 spiro atoms. The molecule has 1 unspecified atom stereocenters. The molecule has 0 aliphatic rings. The van der Waals surface area contributed by atoms with Gasteiger partial charge in [-0.25, -0.2) is 4.79 Å². The van der Waals surface area contributed by atoms with Gasteiger partial charge in [-0.05, 0) is 30.2 Å². The number of hydrogen-bond acceptors (Lipinski definition) is 3. The van der Waals surface area contributed by atoms with E-state index in [1.165, 1.54) is 6.92 Å². The summed E-state index contributed by atoms with van der Waals surface area (Å²) in [7, 11) is 0. The molecule has 1 aromatic carbocycles. The maximum absolute atomic E-state index is 11.0. The SMILES string of the molecule is CCc1cc(Br)ccc1NCC(NC(C)=O)C(=O)O. The molecule has 0 heterocycles. The van der Waals surface area contributed by atoms with E-state index >= 15 is 0 Å². The van der Waals surface area contributed by atoms with E-state index in [9.17, 15) is 9.59 Å². The van der Waals surface area contributed by atoms with Crippen LogP contribution in [-0.2, 0) is 16.0 Å². The van der Waals surface area contributed by atoms with Crippen LogP contribution >= 0.6 is 15.9 Å². The zero-order valence-electron chi connectivity index (χ0n) is 10.9. The fraction of sp³-hybridized carbons (Fsp3) is 0.385. The number of carbonyl (C=O) groups excluding carboxylic acids is 1. The van der Waals surface area contributed by atoms with Crippen LogP contribution in [0.25, 0.3) is 0 Å². The minimum absolute atomic E-state index is 0.142. The van der Waals surface area contributed by atoms with Gasteiger partial charge in [-0.15, -0.1) is 0 Å². The van der Waals surface area contributed by atoms with Crippen molar-refractivity contribution in [2.75, 3.05) is 11.9 Å². The first-order valence-corrected chi connectivity index (χ1v) is 6.75. The molecule has 0 saturated carbocycles. The number of carboxylic acids is 1. The number of carbonyl (C=O) groups is 2. The van der Waals surface area contributed by atoms with Crippen LogP contribution in [0.3, 0.4) is 0 Å². The summed E-state index contributed by atoms with van der Waals surface area (Å²) in [6.45, 7) is 3.46. The number of rotatable bonds is 6. The number of hydrogen-bond donors (Lipinski definition) is 3. The maximum atomic E-state index is 11.0. The standard InChI is InChI=1S/C13H17BrN2O3/c1-3-9-6-10(14)4-5-11(9)15-7-12(13(18)19)16-8(2)17/h4-6,12,15H,3,7H2,1-2H3,(H,16,17)(H,18,19). The van der Waals surface area contributed by atoms with Gasteiger partial charge in [-0.3, -0.25) is 4.79 Å². The van der Waals surface area contributed by atoms with Crippen LogP contribution in [0, 0.1) is 0 Å². The van der Waals surface area contributed by atoms with Crippen LogP contribution in [-0.4, -0.2) is 29.6 Å². The normalized spacial score (nSPS) is 11.7. The highest BCUT2D eigenvalue weighted by atomic mass is 79.9. The lowest BCUT2D eigenvalue weighted by Crippen LogP contribution is -2.44. The van der Waals surface area contributed by atoms with E-state index in [2.05, 4.69) is 26.6 Å². The first-order chi connectivity index (χ1) is 8.93. The Morgan fingerprint density at radius 1 is 1.42 bits per heavy atom. The van der Waals surface area contributed by atoms with Crippen LogP contribution in [0.4, 0.5) is 5.69 Å². The Balaban J connectivity index is 2.73. The van der Waals surface area contributed by atoms with Crippen molar-refractivity contribution in [2.45, 2.75) is 26.3 Å². The number of benzene rings is 1. The largest absolute Gasteiger partial charge is 0.480 e. The molecule has 0 aliphatic heterocycles. The average molecular weight is 329 g/mol. The molecule has 19 heavy (non-hydrogen) atoms. The monoisotopic (exact) mass is 328 g/mol. The number of anilines is 1. The molecule has 6 heteroatoms. The van der Waals surface area contributed by atoms with Crippen molar-refractivity contribution in [3.8, 4) is 0 Å². The second-order valence-corrected chi connectivity index (χ2v) is 5.04. The summed E-state index contributed by atoms with van der Waals surface area (Å²) in [6, 6.07) is 4.81. The summed E-state index contributed by atoms with van der Waals surface area (Å²) in [6.07, 6.45) is 0.833. The Morgan fingerprint density at radius 3 is 2.63 bits per heavy atom. The fourth-order valence-electron chi connectivity index (χ4n) is 1.68. The van der Waals surface area contributed by atoms with Crippen molar-refractivity contribution in [2.24, 2.45) is 0 Å². The molecular formula is C13H17BrN2O3. The highest BCUT2D eigenvalue weighted by molar-refractivity contribution is 9.10. The highest BCUT2D eigenvalue weighted by Gasteiger charge is 2.18. The van der Waals surface area contributed by atoms with E-state index in [4.69, 9.17) is 5.11 Å². The molecule has 104 valence electrons.